The van der Waals surface area contributed by atoms with Crippen LogP contribution in [0.3, 0.4) is 0 Å². The highest BCUT2D eigenvalue weighted by Crippen LogP contribution is 2.28. The summed E-state index contributed by atoms with van der Waals surface area (Å²) in [5, 5.41) is 2.13. The van der Waals surface area contributed by atoms with Gasteiger partial charge < -0.3 is 5.73 Å². The van der Waals surface area contributed by atoms with Crippen LogP contribution in [0.1, 0.15) is 41.9 Å². The Bertz CT molecular complexity index is 1120. The largest absolute Gasteiger partial charge is 0.328 e. The number of thiophene rings is 1. The van der Waals surface area contributed by atoms with Gasteiger partial charge in [-0.05, 0) is 74.4 Å². The van der Waals surface area contributed by atoms with Crippen molar-refractivity contribution in [1.29, 1.82) is 0 Å². The van der Waals surface area contributed by atoms with Crippen LogP contribution >= 0.6 is 23.7 Å². The molecule has 0 atom stereocenters. The molecule has 31 heavy (non-hydrogen) atoms. The molecule has 0 unspecified atom stereocenters. The van der Waals surface area contributed by atoms with Crippen LogP contribution in [0.25, 0.3) is 17.0 Å². The molecule has 0 amide bonds. The highest BCUT2D eigenvalue weighted by molar-refractivity contribution is 7.09. The Morgan fingerprint density at radius 2 is 1.90 bits per heavy atom. The molecule has 1 aliphatic rings. The van der Waals surface area contributed by atoms with Crippen molar-refractivity contribution >= 4 is 29.4 Å². The van der Waals surface area contributed by atoms with Gasteiger partial charge in [-0.2, -0.15) is 0 Å². The highest BCUT2D eigenvalue weighted by atomic mass is 35.5. The SMILES string of the molecule is Cl.NC1CCC(Cc2nccn3c(-c4cccc(CCc5cccs5)n4)cnc23)CC1. The van der Waals surface area contributed by atoms with Crippen LogP contribution < -0.4 is 5.73 Å². The minimum Gasteiger partial charge on any atom is -0.328 e. The second-order valence-electron chi connectivity index (χ2n) is 8.29. The molecule has 7 heteroatoms. The van der Waals surface area contributed by atoms with E-state index in [1.54, 1.807) is 11.3 Å². The Labute approximate surface area is 193 Å². The monoisotopic (exact) mass is 453 g/mol. The maximum absolute atomic E-state index is 6.07. The average molecular weight is 454 g/mol. The van der Waals surface area contributed by atoms with Crippen LogP contribution in [-0.2, 0) is 19.3 Å². The number of aryl methyl sites for hydroxylation is 2. The first-order chi connectivity index (χ1) is 14.8. The van der Waals surface area contributed by atoms with Gasteiger partial charge in [0, 0.05) is 29.0 Å². The normalized spacial score (nSPS) is 18.7. The molecule has 4 aromatic rings. The lowest BCUT2D eigenvalue weighted by molar-refractivity contribution is 0.323. The van der Waals surface area contributed by atoms with Gasteiger partial charge >= 0.3 is 0 Å². The zero-order valence-electron chi connectivity index (χ0n) is 17.5. The van der Waals surface area contributed by atoms with Gasteiger partial charge in [-0.15, -0.1) is 23.7 Å². The van der Waals surface area contributed by atoms with E-state index in [9.17, 15) is 0 Å². The van der Waals surface area contributed by atoms with Gasteiger partial charge in [0.15, 0.2) is 5.65 Å². The fourth-order valence-corrected chi connectivity index (χ4v) is 5.15. The first-order valence-electron chi connectivity index (χ1n) is 10.8. The summed E-state index contributed by atoms with van der Waals surface area (Å²) >= 11 is 1.81. The number of fused-ring (bicyclic) bond motifs is 1. The smallest absolute Gasteiger partial charge is 0.159 e. The van der Waals surface area contributed by atoms with Crippen molar-refractivity contribution in [3.8, 4) is 11.4 Å². The molecule has 0 bridgehead atoms. The molecular formula is C24H28ClN5S. The number of aromatic nitrogens is 4. The zero-order valence-corrected chi connectivity index (χ0v) is 19.1. The van der Waals surface area contributed by atoms with Gasteiger partial charge in [-0.3, -0.25) is 14.4 Å². The molecule has 1 fully saturated rings. The number of imidazole rings is 1. The maximum Gasteiger partial charge on any atom is 0.159 e. The zero-order chi connectivity index (χ0) is 20.3. The number of pyridine rings is 1. The van der Waals surface area contributed by atoms with E-state index in [-0.39, 0.29) is 12.4 Å². The van der Waals surface area contributed by atoms with Crippen LogP contribution in [-0.4, -0.2) is 25.4 Å². The van der Waals surface area contributed by atoms with Crippen molar-refractivity contribution in [3.05, 3.63) is 70.6 Å². The van der Waals surface area contributed by atoms with E-state index in [0.29, 0.717) is 12.0 Å². The van der Waals surface area contributed by atoms with Crippen LogP contribution in [0.4, 0.5) is 0 Å². The van der Waals surface area contributed by atoms with Crippen molar-refractivity contribution in [1.82, 2.24) is 19.4 Å². The summed E-state index contributed by atoms with van der Waals surface area (Å²) in [5.74, 6) is 0.655. The van der Waals surface area contributed by atoms with E-state index >= 15 is 0 Å². The molecule has 0 spiro atoms. The fraction of sp³-hybridized carbons (Fsp3) is 0.375. The number of rotatable bonds is 6. The second kappa shape index (κ2) is 9.90. The predicted octanol–water partition coefficient (Wildman–Crippen LogP) is 5.12. The molecule has 4 heterocycles. The van der Waals surface area contributed by atoms with Gasteiger partial charge in [0.1, 0.15) is 0 Å². The molecule has 5 rings (SSSR count). The molecule has 0 radical (unpaired) electrons. The summed E-state index contributed by atoms with van der Waals surface area (Å²) in [4.78, 5) is 15.7. The van der Waals surface area contributed by atoms with Crippen molar-refractivity contribution < 1.29 is 0 Å². The predicted molar refractivity (Wildman–Crippen MR) is 129 cm³/mol. The minimum atomic E-state index is 0. The van der Waals surface area contributed by atoms with E-state index in [2.05, 4.69) is 45.1 Å². The van der Waals surface area contributed by atoms with Crippen molar-refractivity contribution in [2.75, 3.05) is 0 Å². The lowest BCUT2D eigenvalue weighted by Crippen LogP contribution is -2.27. The first kappa shape index (κ1) is 21.9. The number of nitrogens with zero attached hydrogens (tertiary/aromatic N) is 4. The van der Waals surface area contributed by atoms with E-state index in [4.69, 9.17) is 15.7 Å². The molecule has 1 saturated carbocycles. The molecule has 5 nitrogen and oxygen atoms in total. The van der Waals surface area contributed by atoms with E-state index in [0.717, 1.165) is 60.5 Å². The topological polar surface area (TPSA) is 69.1 Å². The number of hydrogen-bond donors (Lipinski definition) is 1. The molecule has 1 aliphatic carbocycles. The average Bonchev–Trinajstić information content (AvgIpc) is 3.44. The minimum absolute atomic E-state index is 0. The van der Waals surface area contributed by atoms with Crippen molar-refractivity contribution in [2.24, 2.45) is 11.7 Å². The van der Waals surface area contributed by atoms with Crippen LogP contribution in [0.15, 0.2) is 54.3 Å². The Morgan fingerprint density at radius 3 is 2.71 bits per heavy atom. The molecule has 4 aromatic heterocycles. The Morgan fingerprint density at radius 1 is 1.03 bits per heavy atom. The summed E-state index contributed by atoms with van der Waals surface area (Å²) < 4.78 is 2.14. The maximum atomic E-state index is 6.07. The van der Waals surface area contributed by atoms with Crippen LogP contribution in [0.2, 0.25) is 0 Å². The number of hydrogen-bond acceptors (Lipinski definition) is 5. The van der Waals surface area contributed by atoms with Gasteiger partial charge in [0.2, 0.25) is 0 Å². The second-order valence-corrected chi connectivity index (χ2v) is 9.32. The number of nitrogens with two attached hydrogens (primary N) is 1. The third-order valence-electron chi connectivity index (χ3n) is 6.15. The summed E-state index contributed by atoms with van der Waals surface area (Å²) in [7, 11) is 0. The quantitative estimate of drug-likeness (QED) is 0.440. The molecule has 2 N–H and O–H groups in total. The Balaban J connectivity index is 0.00000231. The summed E-state index contributed by atoms with van der Waals surface area (Å²) in [5.41, 5.74) is 11.2. The molecule has 162 valence electrons. The van der Waals surface area contributed by atoms with Crippen molar-refractivity contribution in [3.63, 3.8) is 0 Å². The van der Waals surface area contributed by atoms with E-state index < -0.39 is 0 Å². The first-order valence-corrected chi connectivity index (χ1v) is 11.7. The number of halogens is 1. The lowest BCUT2D eigenvalue weighted by atomic mass is 9.84. The molecule has 0 saturated heterocycles. The summed E-state index contributed by atoms with van der Waals surface area (Å²) in [6, 6.07) is 10.9. The van der Waals surface area contributed by atoms with Gasteiger partial charge in [-0.1, -0.05) is 12.1 Å². The third-order valence-corrected chi connectivity index (χ3v) is 7.09. The Kier molecular flexibility index (Phi) is 7.00. The van der Waals surface area contributed by atoms with Crippen LogP contribution in [0, 0.1) is 5.92 Å². The summed E-state index contributed by atoms with van der Waals surface area (Å²) in [6.45, 7) is 0. The standard InChI is InChI=1S/C24H27N5S.ClH/c25-18-8-6-17(7-9-18)15-22-24-27-16-23(29(24)13-12-26-22)21-5-1-3-19(28-21)10-11-20-4-2-14-30-20;/h1-5,12-14,16-18H,6-11,15,25H2;1H. The molecule has 0 aliphatic heterocycles. The van der Waals surface area contributed by atoms with Gasteiger partial charge in [0.05, 0.1) is 23.3 Å². The Hall–Kier alpha value is -2.28. The van der Waals surface area contributed by atoms with Gasteiger partial charge in [0.25, 0.3) is 0 Å². The van der Waals surface area contributed by atoms with Gasteiger partial charge in [-0.25, -0.2) is 4.98 Å². The fourth-order valence-electron chi connectivity index (χ4n) is 4.44. The van der Waals surface area contributed by atoms with Crippen molar-refractivity contribution in [2.45, 2.75) is 51.0 Å². The van der Waals surface area contributed by atoms with E-state index in [1.165, 1.54) is 17.7 Å². The lowest BCUT2D eigenvalue weighted by Gasteiger charge is -2.25. The van der Waals surface area contributed by atoms with E-state index in [1.807, 2.05) is 18.6 Å². The molecular weight excluding hydrogens is 426 g/mol. The summed E-state index contributed by atoms with van der Waals surface area (Å²) in [6.07, 6.45) is 13.4. The highest BCUT2D eigenvalue weighted by Gasteiger charge is 2.21. The van der Waals surface area contributed by atoms with Crippen LogP contribution in [0.5, 0.6) is 0 Å². The molecule has 0 aromatic carbocycles. The third kappa shape index (κ3) is 4.97.